The van der Waals surface area contributed by atoms with Crippen LogP contribution in [0.5, 0.6) is 0 Å². The number of esters is 1. The molecular formula is C19H17F4NO3. The van der Waals surface area contributed by atoms with Crippen LogP contribution in [-0.4, -0.2) is 30.1 Å². The van der Waals surface area contributed by atoms with Gasteiger partial charge in [0.15, 0.2) is 0 Å². The predicted octanol–water partition coefficient (Wildman–Crippen LogP) is 4.20. The maximum absolute atomic E-state index is 13.4. The van der Waals surface area contributed by atoms with E-state index in [1.54, 1.807) is 0 Å². The Morgan fingerprint density at radius 2 is 1.81 bits per heavy atom. The molecule has 27 heavy (non-hydrogen) atoms. The van der Waals surface area contributed by atoms with Gasteiger partial charge in [0.1, 0.15) is 5.82 Å². The molecule has 0 saturated carbocycles. The van der Waals surface area contributed by atoms with Gasteiger partial charge in [0, 0.05) is 11.8 Å². The van der Waals surface area contributed by atoms with Crippen LogP contribution in [0.15, 0.2) is 47.5 Å². The quantitative estimate of drug-likeness (QED) is 0.478. The lowest BCUT2D eigenvalue weighted by molar-refractivity contribution is -0.267. The Hall–Kier alpha value is -2.74. The molecule has 2 rings (SSSR count). The molecule has 1 N–H and O–H groups in total. The molecule has 0 aliphatic carbocycles. The second-order valence-electron chi connectivity index (χ2n) is 5.74. The normalized spacial score (nSPS) is 14.2. The van der Waals surface area contributed by atoms with E-state index in [0.717, 1.165) is 12.1 Å². The highest BCUT2D eigenvalue weighted by atomic mass is 19.4. The van der Waals surface area contributed by atoms with Crippen molar-refractivity contribution in [3.8, 4) is 0 Å². The molecule has 0 saturated heterocycles. The standard InChI is InChI=1S/C19H17F4NO3/c1-3-27-17(25)18(26,19(21,22)23)14-6-9-16(12(2)10-14)24-11-13-4-7-15(20)8-5-13/h4-11,26H,3H2,1-2H3/t18-/m1/s1. The number of aliphatic hydroxyl groups is 1. The first-order chi connectivity index (χ1) is 12.6. The van der Waals surface area contributed by atoms with Gasteiger partial charge in [-0.3, -0.25) is 4.99 Å². The van der Waals surface area contributed by atoms with Crippen molar-refractivity contribution < 1.29 is 32.2 Å². The molecule has 0 amide bonds. The average Bonchev–Trinajstić information content (AvgIpc) is 2.60. The maximum Gasteiger partial charge on any atom is 0.432 e. The van der Waals surface area contributed by atoms with E-state index in [2.05, 4.69) is 9.73 Å². The number of ether oxygens (including phenoxy) is 1. The van der Waals surface area contributed by atoms with Crippen LogP contribution in [0.25, 0.3) is 0 Å². The highest BCUT2D eigenvalue weighted by Gasteiger charge is 2.62. The number of aryl methyl sites for hydroxylation is 1. The summed E-state index contributed by atoms with van der Waals surface area (Å²) < 4.78 is 57.5. The average molecular weight is 383 g/mol. The lowest BCUT2D eigenvalue weighted by atomic mass is 9.91. The van der Waals surface area contributed by atoms with Crippen molar-refractivity contribution in [2.24, 2.45) is 4.99 Å². The minimum absolute atomic E-state index is 0.304. The molecule has 144 valence electrons. The molecule has 8 heteroatoms. The molecule has 0 aliphatic heterocycles. The first kappa shape index (κ1) is 20.6. The lowest BCUT2D eigenvalue weighted by Crippen LogP contribution is -2.50. The zero-order chi connectivity index (χ0) is 20.2. The second-order valence-corrected chi connectivity index (χ2v) is 5.74. The van der Waals surface area contributed by atoms with Crippen LogP contribution in [0, 0.1) is 12.7 Å². The van der Waals surface area contributed by atoms with Crippen LogP contribution in [-0.2, 0) is 15.1 Å². The summed E-state index contributed by atoms with van der Waals surface area (Å²) in [6, 6.07) is 8.73. The molecule has 0 unspecified atom stereocenters. The van der Waals surface area contributed by atoms with E-state index in [9.17, 15) is 27.5 Å². The van der Waals surface area contributed by atoms with Crippen molar-refractivity contribution >= 4 is 17.9 Å². The molecule has 0 spiro atoms. The molecular weight excluding hydrogens is 366 g/mol. The number of alkyl halides is 3. The third-order valence-corrected chi connectivity index (χ3v) is 3.82. The summed E-state index contributed by atoms with van der Waals surface area (Å²) in [6.45, 7) is 2.52. The Bertz CT molecular complexity index is 847. The second kappa shape index (κ2) is 7.87. The highest BCUT2D eigenvalue weighted by Crippen LogP contribution is 2.41. The summed E-state index contributed by atoms with van der Waals surface area (Å²) >= 11 is 0. The monoisotopic (exact) mass is 383 g/mol. The van der Waals surface area contributed by atoms with E-state index >= 15 is 0 Å². The Balaban J connectivity index is 2.38. The van der Waals surface area contributed by atoms with Crippen LogP contribution >= 0.6 is 0 Å². The zero-order valence-electron chi connectivity index (χ0n) is 14.5. The van der Waals surface area contributed by atoms with E-state index in [1.165, 1.54) is 50.4 Å². The fourth-order valence-electron chi connectivity index (χ4n) is 2.35. The molecule has 4 nitrogen and oxygen atoms in total. The van der Waals surface area contributed by atoms with Crippen molar-refractivity contribution in [3.05, 3.63) is 65.0 Å². The number of nitrogens with zero attached hydrogens (tertiary/aromatic N) is 1. The topological polar surface area (TPSA) is 58.9 Å². The highest BCUT2D eigenvalue weighted by molar-refractivity contribution is 5.84. The van der Waals surface area contributed by atoms with Crippen LogP contribution in [0.3, 0.4) is 0 Å². The zero-order valence-corrected chi connectivity index (χ0v) is 14.5. The van der Waals surface area contributed by atoms with Crippen LogP contribution in [0.1, 0.15) is 23.6 Å². The lowest BCUT2D eigenvalue weighted by Gasteiger charge is -2.28. The van der Waals surface area contributed by atoms with Gasteiger partial charge in [-0.15, -0.1) is 0 Å². The maximum atomic E-state index is 13.4. The molecule has 0 fully saturated rings. The van der Waals surface area contributed by atoms with Crippen molar-refractivity contribution in [2.75, 3.05) is 6.61 Å². The van der Waals surface area contributed by atoms with Gasteiger partial charge in [0.05, 0.1) is 12.3 Å². The minimum Gasteiger partial charge on any atom is -0.463 e. The van der Waals surface area contributed by atoms with Gasteiger partial charge >= 0.3 is 12.1 Å². The summed E-state index contributed by atoms with van der Waals surface area (Å²) in [5, 5.41) is 10.1. The number of carbonyl (C=O) groups is 1. The van der Waals surface area contributed by atoms with Crippen LogP contribution in [0.2, 0.25) is 0 Å². The predicted molar refractivity (Wildman–Crippen MR) is 91.4 cm³/mol. The van der Waals surface area contributed by atoms with Gasteiger partial charge in [-0.1, -0.05) is 24.3 Å². The van der Waals surface area contributed by atoms with E-state index < -0.39 is 29.1 Å². The van der Waals surface area contributed by atoms with Crippen LogP contribution < -0.4 is 0 Å². The molecule has 0 aliphatic rings. The summed E-state index contributed by atoms with van der Waals surface area (Å²) in [5.41, 5.74) is -3.20. The number of aliphatic imine (C=N–C) groups is 1. The number of hydrogen-bond acceptors (Lipinski definition) is 4. The number of carbonyl (C=O) groups excluding carboxylic acids is 1. The first-order valence-corrected chi connectivity index (χ1v) is 7.96. The molecule has 0 aromatic heterocycles. The number of rotatable bonds is 5. The number of benzene rings is 2. The molecule has 0 heterocycles. The van der Waals surface area contributed by atoms with E-state index in [4.69, 9.17) is 0 Å². The smallest absolute Gasteiger partial charge is 0.432 e. The summed E-state index contributed by atoms with van der Waals surface area (Å²) in [6.07, 6.45) is -3.84. The Labute approximate surface area is 153 Å². The Morgan fingerprint density at radius 1 is 1.19 bits per heavy atom. The molecule has 1 atom stereocenters. The van der Waals surface area contributed by atoms with Crippen molar-refractivity contribution in [1.82, 2.24) is 0 Å². The van der Waals surface area contributed by atoms with Crippen LogP contribution in [0.4, 0.5) is 23.2 Å². The largest absolute Gasteiger partial charge is 0.463 e. The van der Waals surface area contributed by atoms with Gasteiger partial charge in [0.2, 0.25) is 0 Å². The molecule has 2 aromatic carbocycles. The summed E-state index contributed by atoms with van der Waals surface area (Å²) in [4.78, 5) is 15.9. The molecule has 0 bridgehead atoms. The van der Waals surface area contributed by atoms with Gasteiger partial charge in [-0.25, -0.2) is 9.18 Å². The van der Waals surface area contributed by atoms with Gasteiger partial charge < -0.3 is 9.84 Å². The third kappa shape index (κ3) is 4.33. The van der Waals surface area contributed by atoms with Gasteiger partial charge in [0.25, 0.3) is 5.60 Å². The Kier molecular flexibility index (Phi) is 6.00. The van der Waals surface area contributed by atoms with Crippen molar-refractivity contribution in [3.63, 3.8) is 0 Å². The van der Waals surface area contributed by atoms with E-state index in [-0.39, 0.29) is 6.61 Å². The molecule has 2 aromatic rings. The third-order valence-electron chi connectivity index (χ3n) is 3.82. The fraction of sp³-hybridized carbons (Fsp3) is 0.263. The fourth-order valence-corrected chi connectivity index (χ4v) is 2.35. The SMILES string of the molecule is CCOC(=O)[C@](O)(c1ccc(N=Cc2ccc(F)cc2)c(C)c1)C(F)(F)F. The Morgan fingerprint density at radius 3 is 2.33 bits per heavy atom. The number of halogens is 4. The number of hydrogen-bond donors (Lipinski definition) is 1. The minimum atomic E-state index is -5.26. The van der Waals surface area contributed by atoms with Crippen molar-refractivity contribution in [1.29, 1.82) is 0 Å². The van der Waals surface area contributed by atoms with Crippen molar-refractivity contribution in [2.45, 2.75) is 25.6 Å². The molecule has 0 radical (unpaired) electrons. The van der Waals surface area contributed by atoms with E-state index in [1.807, 2.05) is 0 Å². The summed E-state index contributed by atoms with van der Waals surface area (Å²) in [7, 11) is 0. The van der Waals surface area contributed by atoms with Gasteiger partial charge in [-0.05, 0) is 43.2 Å². The first-order valence-electron chi connectivity index (χ1n) is 7.96. The van der Waals surface area contributed by atoms with Gasteiger partial charge in [-0.2, -0.15) is 13.2 Å². The van der Waals surface area contributed by atoms with E-state index in [0.29, 0.717) is 16.8 Å². The summed E-state index contributed by atoms with van der Waals surface area (Å²) in [5.74, 6) is -2.20.